The first-order valence-electron chi connectivity index (χ1n) is 6.78. The van der Waals surface area contributed by atoms with Crippen molar-refractivity contribution in [1.82, 2.24) is 9.97 Å². The molecule has 1 heterocycles. The normalized spacial score (nSPS) is 16.9. The summed E-state index contributed by atoms with van der Waals surface area (Å²) >= 11 is 0. The second-order valence-corrected chi connectivity index (χ2v) is 5.29. The minimum Gasteiger partial charge on any atom is -0.465 e. The third kappa shape index (κ3) is 2.08. The van der Waals surface area contributed by atoms with Crippen molar-refractivity contribution in [3.63, 3.8) is 0 Å². The Morgan fingerprint density at radius 1 is 1.40 bits per heavy atom. The molecule has 5 nitrogen and oxygen atoms in total. The molecule has 0 spiro atoms. The Labute approximate surface area is 117 Å². The number of esters is 1. The van der Waals surface area contributed by atoms with Crippen LogP contribution in [0.5, 0.6) is 0 Å². The summed E-state index contributed by atoms with van der Waals surface area (Å²) in [6.07, 6.45) is 4.06. The van der Waals surface area contributed by atoms with Gasteiger partial charge in [0.15, 0.2) is 0 Å². The standard InChI is InChI=1S/C15H18N2O3/c1-19-14(18)10-5-3-6-11-13(10)17-12(16-11)9-15(20-2)7-4-8-15/h3,5-6H,4,7-9H2,1-2H3,(H,16,17). The Morgan fingerprint density at radius 2 is 2.20 bits per heavy atom. The predicted octanol–water partition coefficient (Wildman–Crippen LogP) is 2.46. The van der Waals surface area contributed by atoms with E-state index >= 15 is 0 Å². The average molecular weight is 274 g/mol. The van der Waals surface area contributed by atoms with Crippen molar-refractivity contribution in [3.8, 4) is 0 Å². The van der Waals surface area contributed by atoms with Crippen molar-refractivity contribution >= 4 is 17.0 Å². The first kappa shape index (κ1) is 13.1. The number of hydrogen-bond acceptors (Lipinski definition) is 4. The summed E-state index contributed by atoms with van der Waals surface area (Å²) in [6.45, 7) is 0. The lowest BCUT2D eigenvalue weighted by atomic mass is 9.77. The van der Waals surface area contributed by atoms with E-state index in [1.807, 2.05) is 12.1 Å². The molecule has 1 N–H and O–H groups in total. The van der Waals surface area contributed by atoms with Crippen LogP contribution in [0.2, 0.25) is 0 Å². The molecule has 1 aromatic heterocycles. The van der Waals surface area contributed by atoms with Crippen molar-refractivity contribution in [2.24, 2.45) is 0 Å². The van der Waals surface area contributed by atoms with Crippen LogP contribution in [-0.4, -0.2) is 35.8 Å². The Morgan fingerprint density at radius 3 is 2.80 bits per heavy atom. The Hall–Kier alpha value is -1.88. The number of nitrogens with zero attached hydrogens (tertiary/aromatic N) is 1. The number of carbonyl (C=O) groups is 1. The highest BCUT2D eigenvalue weighted by molar-refractivity contribution is 6.01. The number of carbonyl (C=O) groups excluding carboxylic acids is 1. The minimum atomic E-state index is -0.362. The largest absolute Gasteiger partial charge is 0.465 e. The van der Waals surface area contributed by atoms with Crippen molar-refractivity contribution in [3.05, 3.63) is 29.6 Å². The van der Waals surface area contributed by atoms with Crippen LogP contribution < -0.4 is 0 Å². The number of H-pyrrole nitrogens is 1. The number of ether oxygens (including phenoxy) is 2. The SMILES string of the molecule is COC(=O)c1cccc2[nH]c(CC3(OC)CCC3)nc12. The molecule has 1 saturated carbocycles. The number of fused-ring (bicyclic) bond motifs is 1. The summed E-state index contributed by atoms with van der Waals surface area (Å²) in [7, 11) is 3.13. The maximum atomic E-state index is 11.7. The number of aromatic amines is 1. The molecule has 1 aliphatic carbocycles. The zero-order valence-electron chi connectivity index (χ0n) is 11.7. The van der Waals surface area contributed by atoms with E-state index in [2.05, 4.69) is 9.97 Å². The van der Waals surface area contributed by atoms with E-state index in [-0.39, 0.29) is 11.6 Å². The van der Waals surface area contributed by atoms with Crippen LogP contribution in [0.25, 0.3) is 11.0 Å². The van der Waals surface area contributed by atoms with Gasteiger partial charge in [0.25, 0.3) is 0 Å². The van der Waals surface area contributed by atoms with Gasteiger partial charge in [-0.25, -0.2) is 9.78 Å². The zero-order chi connectivity index (χ0) is 14.2. The molecule has 0 bridgehead atoms. The Balaban J connectivity index is 1.96. The molecule has 2 aromatic rings. The number of hydrogen-bond donors (Lipinski definition) is 1. The maximum Gasteiger partial charge on any atom is 0.340 e. The van der Waals surface area contributed by atoms with Gasteiger partial charge in [-0.15, -0.1) is 0 Å². The highest BCUT2D eigenvalue weighted by Gasteiger charge is 2.38. The van der Waals surface area contributed by atoms with Crippen LogP contribution in [0.4, 0.5) is 0 Å². The van der Waals surface area contributed by atoms with Crippen molar-refractivity contribution < 1.29 is 14.3 Å². The van der Waals surface area contributed by atoms with Gasteiger partial charge in [0.05, 0.1) is 23.8 Å². The van der Waals surface area contributed by atoms with Gasteiger partial charge < -0.3 is 14.5 Å². The number of nitrogens with one attached hydrogen (secondary N) is 1. The van der Waals surface area contributed by atoms with Gasteiger partial charge in [0, 0.05) is 13.5 Å². The van der Waals surface area contributed by atoms with Crippen LogP contribution in [0, 0.1) is 0 Å². The highest BCUT2D eigenvalue weighted by atomic mass is 16.5. The predicted molar refractivity (Wildman–Crippen MR) is 74.7 cm³/mol. The number of aromatic nitrogens is 2. The number of para-hydroxylation sites is 1. The molecule has 106 valence electrons. The maximum absolute atomic E-state index is 11.7. The minimum absolute atomic E-state index is 0.0840. The van der Waals surface area contributed by atoms with E-state index in [1.54, 1.807) is 13.2 Å². The third-order valence-corrected chi connectivity index (χ3v) is 4.15. The Kier molecular flexibility index (Phi) is 3.22. The fourth-order valence-electron chi connectivity index (χ4n) is 2.77. The summed E-state index contributed by atoms with van der Waals surface area (Å²) in [6, 6.07) is 5.47. The molecule has 1 aliphatic rings. The lowest BCUT2D eigenvalue weighted by Gasteiger charge is -2.39. The topological polar surface area (TPSA) is 64.2 Å². The average Bonchev–Trinajstić information content (AvgIpc) is 2.84. The quantitative estimate of drug-likeness (QED) is 0.870. The Bertz CT molecular complexity index is 638. The van der Waals surface area contributed by atoms with Crippen molar-refractivity contribution in [2.45, 2.75) is 31.3 Å². The molecule has 0 atom stereocenters. The number of benzene rings is 1. The van der Waals surface area contributed by atoms with Crippen LogP contribution >= 0.6 is 0 Å². The molecule has 0 radical (unpaired) electrons. The van der Waals surface area contributed by atoms with Gasteiger partial charge in [0.1, 0.15) is 11.3 Å². The van der Waals surface area contributed by atoms with Gasteiger partial charge >= 0.3 is 5.97 Å². The first-order chi connectivity index (χ1) is 9.67. The van der Waals surface area contributed by atoms with E-state index < -0.39 is 0 Å². The number of imidazole rings is 1. The number of methoxy groups -OCH3 is 2. The van der Waals surface area contributed by atoms with Gasteiger partial charge in [-0.05, 0) is 31.4 Å². The molecular weight excluding hydrogens is 256 g/mol. The first-order valence-corrected chi connectivity index (χ1v) is 6.78. The third-order valence-electron chi connectivity index (χ3n) is 4.15. The molecule has 1 aromatic carbocycles. The van der Waals surface area contributed by atoms with Gasteiger partial charge in [-0.1, -0.05) is 6.07 Å². The monoisotopic (exact) mass is 274 g/mol. The molecule has 0 amide bonds. The zero-order valence-corrected chi connectivity index (χ0v) is 11.7. The summed E-state index contributed by atoms with van der Waals surface area (Å²) in [5.41, 5.74) is 1.93. The van der Waals surface area contributed by atoms with Gasteiger partial charge in [0.2, 0.25) is 0 Å². The van der Waals surface area contributed by atoms with E-state index in [9.17, 15) is 4.79 Å². The summed E-state index contributed by atoms with van der Waals surface area (Å²) in [5, 5.41) is 0. The number of rotatable bonds is 4. The smallest absolute Gasteiger partial charge is 0.340 e. The highest BCUT2D eigenvalue weighted by Crippen LogP contribution is 2.37. The molecule has 20 heavy (non-hydrogen) atoms. The van der Waals surface area contributed by atoms with Crippen molar-refractivity contribution in [1.29, 1.82) is 0 Å². The molecule has 0 unspecified atom stereocenters. The van der Waals surface area contributed by atoms with Crippen LogP contribution in [0.15, 0.2) is 18.2 Å². The molecule has 3 rings (SSSR count). The molecule has 0 aliphatic heterocycles. The lowest BCUT2D eigenvalue weighted by molar-refractivity contribution is -0.0719. The summed E-state index contributed by atoms with van der Waals surface area (Å²) in [5.74, 6) is 0.497. The summed E-state index contributed by atoms with van der Waals surface area (Å²) < 4.78 is 10.4. The molecule has 1 fully saturated rings. The molecule has 0 saturated heterocycles. The van der Waals surface area contributed by atoms with E-state index in [4.69, 9.17) is 9.47 Å². The van der Waals surface area contributed by atoms with Crippen LogP contribution in [0.1, 0.15) is 35.4 Å². The lowest BCUT2D eigenvalue weighted by Crippen LogP contribution is -2.41. The second kappa shape index (κ2) is 4.90. The second-order valence-electron chi connectivity index (χ2n) is 5.29. The van der Waals surface area contributed by atoms with Crippen LogP contribution in [0.3, 0.4) is 0 Å². The fourth-order valence-corrected chi connectivity index (χ4v) is 2.77. The molecular formula is C15H18N2O3. The van der Waals surface area contributed by atoms with Gasteiger partial charge in [-0.3, -0.25) is 0 Å². The fraction of sp³-hybridized carbons (Fsp3) is 0.467. The van der Waals surface area contributed by atoms with Crippen molar-refractivity contribution in [2.75, 3.05) is 14.2 Å². The van der Waals surface area contributed by atoms with Crippen LogP contribution in [-0.2, 0) is 15.9 Å². The van der Waals surface area contributed by atoms with E-state index in [0.717, 1.165) is 30.6 Å². The van der Waals surface area contributed by atoms with E-state index in [1.165, 1.54) is 13.5 Å². The molecule has 5 heteroatoms. The summed E-state index contributed by atoms with van der Waals surface area (Å²) in [4.78, 5) is 19.6. The van der Waals surface area contributed by atoms with E-state index in [0.29, 0.717) is 11.1 Å². The van der Waals surface area contributed by atoms with Gasteiger partial charge in [-0.2, -0.15) is 0 Å².